The third-order valence-corrected chi connectivity index (χ3v) is 2.02. The van der Waals surface area contributed by atoms with Gasteiger partial charge in [-0.2, -0.15) is 11.8 Å². The summed E-state index contributed by atoms with van der Waals surface area (Å²) in [5, 5.41) is 0. The molecule has 0 atom stereocenters. The molecule has 0 rings (SSSR count). The lowest BCUT2D eigenvalue weighted by molar-refractivity contribution is 0.532. The summed E-state index contributed by atoms with van der Waals surface area (Å²) in [5.41, 5.74) is 0. The van der Waals surface area contributed by atoms with Crippen molar-refractivity contribution in [3.8, 4) is 0 Å². The Hall–Kier alpha value is 0.280. The first-order valence-corrected chi connectivity index (χ1v) is 4.06. The molecule has 0 aliphatic heterocycles. The monoisotopic (exact) mass is 136 g/mol. The van der Waals surface area contributed by atoms with Gasteiger partial charge in [-0.3, -0.25) is 4.39 Å². The Kier molecular flexibility index (Phi) is 5.61. The predicted molar refractivity (Wildman–Crippen MR) is 38.1 cm³/mol. The zero-order chi connectivity index (χ0) is 6.41. The maximum absolute atomic E-state index is 11.4. The predicted octanol–water partition coefficient (Wildman–Crippen LogP) is 2.35. The molecule has 0 fully saturated rings. The molecular formula is C6H13FS. The molecule has 0 aromatic rings. The maximum atomic E-state index is 11.4. The van der Waals surface area contributed by atoms with E-state index in [2.05, 4.69) is 13.8 Å². The summed E-state index contributed by atoms with van der Waals surface area (Å²) in [7, 11) is 0. The largest absolute Gasteiger partial charge is 0.250 e. The van der Waals surface area contributed by atoms with Gasteiger partial charge in [0.2, 0.25) is 0 Å². The van der Waals surface area contributed by atoms with Crippen molar-refractivity contribution < 1.29 is 4.39 Å². The molecule has 0 heterocycles. The molecule has 0 unspecified atom stereocenters. The van der Waals surface area contributed by atoms with Crippen molar-refractivity contribution in [1.82, 2.24) is 0 Å². The van der Waals surface area contributed by atoms with E-state index in [1.54, 1.807) is 11.8 Å². The molecule has 0 nitrogen and oxygen atoms in total. The number of thioether (sulfide) groups is 1. The molecule has 0 aromatic carbocycles. The van der Waals surface area contributed by atoms with Crippen LogP contribution in [0.4, 0.5) is 4.39 Å². The number of hydrogen-bond donors (Lipinski definition) is 0. The van der Waals surface area contributed by atoms with Crippen molar-refractivity contribution in [1.29, 1.82) is 0 Å². The van der Waals surface area contributed by atoms with Crippen LogP contribution in [0.2, 0.25) is 0 Å². The minimum Gasteiger partial charge on any atom is -0.250 e. The fourth-order valence-electron chi connectivity index (χ4n) is 0.374. The maximum Gasteiger partial charge on any atom is 0.0984 e. The van der Waals surface area contributed by atoms with E-state index in [4.69, 9.17) is 0 Å². The molecule has 0 bridgehead atoms. The molecule has 2 heteroatoms. The van der Waals surface area contributed by atoms with E-state index in [9.17, 15) is 4.39 Å². The van der Waals surface area contributed by atoms with Crippen LogP contribution in [0.15, 0.2) is 0 Å². The zero-order valence-corrected chi connectivity index (χ0v) is 6.30. The lowest BCUT2D eigenvalue weighted by Crippen LogP contribution is -1.92. The van der Waals surface area contributed by atoms with Gasteiger partial charge in [-0.1, -0.05) is 13.8 Å². The first-order chi connectivity index (χ1) is 3.77. The van der Waals surface area contributed by atoms with Gasteiger partial charge in [0.05, 0.1) is 6.67 Å². The van der Waals surface area contributed by atoms with Crippen molar-refractivity contribution in [3.63, 3.8) is 0 Å². The number of hydrogen-bond acceptors (Lipinski definition) is 1. The molecule has 0 aliphatic rings. The van der Waals surface area contributed by atoms with Crippen LogP contribution in [0.5, 0.6) is 0 Å². The van der Waals surface area contributed by atoms with Crippen LogP contribution in [0, 0.1) is 5.92 Å². The van der Waals surface area contributed by atoms with Crippen LogP contribution < -0.4 is 0 Å². The third kappa shape index (κ3) is 6.28. The molecule has 0 amide bonds. The standard InChI is InChI=1S/C6H13FS/c1-6(2)5-8-4-3-7/h6H,3-5H2,1-2H3. The van der Waals surface area contributed by atoms with E-state index >= 15 is 0 Å². The zero-order valence-electron chi connectivity index (χ0n) is 5.48. The molecule has 0 saturated heterocycles. The topological polar surface area (TPSA) is 0 Å². The van der Waals surface area contributed by atoms with Crippen molar-refractivity contribution >= 4 is 11.8 Å². The second-order valence-corrected chi connectivity index (χ2v) is 3.31. The summed E-state index contributed by atoms with van der Waals surface area (Å²) in [4.78, 5) is 0. The first-order valence-electron chi connectivity index (χ1n) is 2.91. The third-order valence-electron chi connectivity index (χ3n) is 0.673. The van der Waals surface area contributed by atoms with Gasteiger partial charge in [-0.15, -0.1) is 0 Å². The minimum absolute atomic E-state index is 0.183. The van der Waals surface area contributed by atoms with Crippen molar-refractivity contribution in [2.45, 2.75) is 13.8 Å². The van der Waals surface area contributed by atoms with Gasteiger partial charge < -0.3 is 0 Å². The van der Waals surface area contributed by atoms with Gasteiger partial charge in [0.1, 0.15) is 0 Å². The van der Waals surface area contributed by atoms with Gasteiger partial charge in [0, 0.05) is 5.75 Å². The average Bonchev–Trinajstić information content (AvgIpc) is 1.66. The normalized spacial score (nSPS) is 10.5. The Morgan fingerprint density at radius 2 is 2.12 bits per heavy atom. The van der Waals surface area contributed by atoms with Crippen LogP contribution in [0.3, 0.4) is 0 Å². The van der Waals surface area contributed by atoms with Crippen LogP contribution in [0.1, 0.15) is 13.8 Å². The molecule has 0 aliphatic carbocycles. The van der Waals surface area contributed by atoms with E-state index in [0.717, 1.165) is 5.75 Å². The van der Waals surface area contributed by atoms with Crippen molar-refractivity contribution in [2.24, 2.45) is 5.92 Å². The molecule has 8 heavy (non-hydrogen) atoms. The Bertz CT molecular complexity index is 45.8. The summed E-state index contributed by atoms with van der Waals surface area (Å²) in [6, 6.07) is 0. The van der Waals surface area contributed by atoms with Crippen LogP contribution in [0.25, 0.3) is 0 Å². The van der Waals surface area contributed by atoms with Gasteiger partial charge in [0.25, 0.3) is 0 Å². The SMILES string of the molecule is CC(C)CSCCF. The van der Waals surface area contributed by atoms with Gasteiger partial charge >= 0.3 is 0 Å². The molecule has 0 aromatic heterocycles. The van der Waals surface area contributed by atoms with Gasteiger partial charge in [0.15, 0.2) is 0 Å². The second-order valence-electron chi connectivity index (χ2n) is 2.16. The van der Waals surface area contributed by atoms with Crippen molar-refractivity contribution in [2.75, 3.05) is 18.2 Å². The summed E-state index contributed by atoms with van der Waals surface area (Å²) in [6.45, 7) is 4.11. The highest BCUT2D eigenvalue weighted by molar-refractivity contribution is 7.99. The minimum atomic E-state index is -0.183. The molecule has 0 N–H and O–H groups in total. The average molecular weight is 136 g/mol. The fourth-order valence-corrected chi connectivity index (χ4v) is 1.12. The summed E-state index contributed by atoms with van der Waals surface area (Å²) >= 11 is 1.69. The van der Waals surface area contributed by atoms with Gasteiger partial charge in [-0.25, -0.2) is 0 Å². The van der Waals surface area contributed by atoms with Crippen LogP contribution in [-0.4, -0.2) is 18.2 Å². The van der Waals surface area contributed by atoms with E-state index in [-0.39, 0.29) is 6.67 Å². The number of alkyl halides is 1. The lowest BCUT2D eigenvalue weighted by Gasteiger charge is -1.99. The molecule has 0 radical (unpaired) electrons. The lowest BCUT2D eigenvalue weighted by atomic mass is 10.3. The Labute approximate surface area is 54.9 Å². The van der Waals surface area contributed by atoms with E-state index in [0.29, 0.717) is 11.7 Å². The quantitative estimate of drug-likeness (QED) is 0.534. The van der Waals surface area contributed by atoms with E-state index in [1.165, 1.54) is 0 Å². The van der Waals surface area contributed by atoms with Crippen LogP contribution >= 0.6 is 11.8 Å². The van der Waals surface area contributed by atoms with E-state index < -0.39 is 0 Å². The highest BCUT2D eigenvalue weighted by atomic mass is 32.2. The molecule has 0 spiro atoms. The van der Waals surface area contributed by atoms with Crippen LogP contribution in [-0.2, 0) is 0 Å². The van der Waals surface area contributed by atoms with Gasteiger partial charge in [-0.05, 0) is 11.7 Å². The summed E-state index contributed by atoms with van der Waals surface area (Å²) in [6.07, 6.45) is 0. The Morgan fingerprint density at radius 1 is 1.50 bits per heavy atom. The van der Waals surface area contributed by atoms with Crippen molar-refractivity contribution in [3.05, 3.63) is 0 Å². The number of rotatable bonds is 4. The molecule has 0 saturated carbocycles. The fraction of sp³-hybridized carbons (Fsp3) is 1.00. The summed E-state index contributed by atoms with van der Waals surface area (Å²) in [5.74, 6) is 2.45. The summed E-state index contributed by atoms with van der Waals surface area (Å²) < 4.78 is 11.4. The smallest absolute Gasteiger partial charge is 0.0984 e. The Morgan fingerprint density at radius 3 is 2.50 bits per heavy atom. The second kappa shape index (κ2) is 5.42. The molecule has 50 valence electrons. The Balaban J connectivity index is 2.72. The number of halogens is 1. The highest BCUT2D eigenvalue weighted by Gasteiger charge is 1.91. The van der Waals surface area contributed by atoms with E-state index in [1.807, 2.05) is 0 Å². The first kappa shape index (κ1) is 8.28. The highest BCUT2D eigenvalue weighted by Crippen LogP contribution is 2.06. The molecular weight excluding hydrogens is 123 g/mol.